The highest BCUT2D eigenvalue weighted by atomic mass is 16.6. The van der Waals surface area contributed by atoms with Crippen molar-refractivity contribution in [3.05, 3.63) is 48.0 Å². The lowest BCUT2D eigenvalue weighted by atomic mass is 10.2. The number of benzene rings is 1. The molecule has 0 unspecified atom stereocenters. The van der Waals surface area contributed by atoms with Crippen molar-refractivity contribution >= 4 is 6.09 Å². The maximum Gasteiger partial charge on any atom is 0.410 e. The first-order chi connectivity index (χ1) is 8.81. The van der Waals surface area contributed by atoms with Crippen LogP contribution in [0.1, 0.15) is 25.3 Å². The Bertz CT molecular complexity index is 414. The van der Waals surface area contributed by atoms with E-state index < -0.39 is 0 Å². The summed E-state index contributed by atoms with van der Waals surface area (Å²) < 4.78 is 5.34. The average molecular weight is 245 g/mol. The van der Waals surface area contributed by atoms with Gasteiger partial charge >= 0.3 is 6.09 Å². The smallest absolute Gasteiger partial charge is 0.410 e. The Balaban J connectivity index is 1.85. The standard InChI is InChI=1S/C15H19NO2/c1-2-7-14-10-6-11-16(14)15(17)18-12-13-8-4-3-5-9-13/h3-6,8-10,14H,2,7,11-12H2,1H3/t14-/m1/s1. The number of carbonyl (C=O) groups excluding carboxylic acids is 1. The molecule has 1 heterocycles. The van der Waals surface area contributed by atoms with E-state index in [-0.39, 0.29) is 12.1 Å². The summed E-state index contributed by atoms with van der Waals surface area (Å²) >= 11 is 0. The highest BCUT2D eigenvalue weighted by Gasteiger charge is 2.24. The lowest BCUT2D eigenvalue weighted by Crippen LogP contribution is -2.36. The molecule has 0 spiro atoms. The molecule has 3 heteroatoms. The number of nitrogens with zero attached hydrogens (tertiary/aromatic N) is 1. The molecule has 0 aromatic heterocycles. The fourth-order valence-electron chi connectivity index (χ4n) is 2.13. The highest BCUT2D eigenvalue weighted by molar-refractivity contribution is 5.69. The molecular weight excluding hydrogens is 226 g/mol. The predicted molar refractivity (Wildman–Crippen MR) is 71.2 cm³/mol. The topological polar surface area (TPSA) is 29.5 Å². The van der Waals surface area contributed by atoms with Crippen LogP contribution in [0.25, 0.3) is 0 Å². The molecule has 1 aliphatic rings. The van der Waals surface area contributed by atoms with E-state index in [0.29, 0.717) is 13.2 Å². The number of rotatable bonds is 4. The van der Waals surface area contributed by atoms with Gasteiger partial charge in [-0.25, -0.2) is 4.79 Å². The van der Waals surface area contributed by atoms with E-state index in [1.54, 1.807) is 4.90 Å². The summed E-state index contributed by atoms with van der Waals surface area (Å²) in [5, 5.41) is 0. The summed E-state index contributed by atoms with van der Waals surface area (Å²) in [4.78, 5) is 13.8. The second-order valence-electron chi connectivity index (χ2n) is 4.48. The molecule has 1 aliphatic heterocycles. The highest BCUT2D eigenvalue weighted by Crippen LogP contribution is 2.16. The molecule has 0 aliphatic carbocycles. The molecule has 96 valence electrons. The van der Waals surface area contributed by atoms with Crippen LogP contribution in [-0.2, 0) is 11.3 Å². The van der Waals surface area contributed by atoms with Gasteiger partial charge in [0.1, 0.15) is 6.61 Å². The first-order valence-electron chi connectivity index (χ1n) is 6.45. The Morgan fingerprint density at radius 2 is 2.17 bits per heavy atom. The van der Waals surface area contributed by atoms with Crippen molar-refractivity contribution in [2.24, 2.45) is 0 Å². The SMILES string of the molecule is CCC[C@@H]1C=CCN1C(=O)OCc1ccccc1. The Hall–Kier alpha value is -1.77. The monoisotopic (exact) mass is 245 g/mol. The van der Waals surface area contributed by atoms with Gasteiger partial charge in [-0.2, -0.15) is 0 Å². The zero-order chi connectivity index (χ0) is 12.8. The van der Waals surface area contributed by atoms with Gasteiger partial charge in [-0.15, -0.1) is 0 Å². The second kappa shape index (κ2) is 6.24. The zero-order valence-corrected chi connectivity index (χ0v) is 10.7. The van der Waals surface area contributed by atoms with Crippen LogP contribution in [0.15, 0.2) is 42.5 Å². The van der Waals surface area contributed by atoms with E-state index >= 15 is 0 Å². The summed E-state index contributed by atoms with van der Waals surface area (Å²) in [5.41, 5.74) is 1.02. The summed E-state index contributed by atoms with van der Waals surface area (Å²) in [6, 6.07) is 9.96. The van der Waals surface area contributed by atoms with Gasteiger partial charge in [0.2, 0.25) is 0 Å². The van der Waals surface area contributed by atoms with Crippen LogP contribution in [0.3, 0.4) is 0 Å². The van der Waals surface area contributed by atoms with E-state index in [0.717, 1.165) is 18.4 Å². The van der Waals surface area contributed by atoms with Crippen LogP contribution in [0, 0.1) is 0 Å². The lowest BCUT2D eigenvalue weighted by molar-refractivity contribution is 0.0938. The van der Waals surface area contributed by atoms with Crippen molar-refractivity contribution < 1.29 is 9.53 Å². The van der Waals surface area contributed by atoms with Gasteiger partial charge in [-0.3, -0.25) is 4.90 Å². The maximum atomic E-state index is 12.0. The minimum Gasteiger partial charge on any atom is -0.445 e. The third kappa shape index (κ3) is 3.13. The summed E-state index contributed by atoms with van der Waals surface area (Å²) in [7, 11) is 0. The zero-order valence-electron chi connectivity index (χ0n) is 10.7. The molecule has 1 atom stereocenters. The predicted octanol–water partition coefficient (Wildman–Crippen LogP) is 3.36. The molecule has 3 nitrogen and oxygen atoms in total. The minimum atomic E-state index is -0.220. The van der Waals surface area contributed by atoms with Crippen molar-refractivity contribution in [1.82, 2.24) is 4.90 Å². The Labute approximate surface area is 108 Å². The summed E-state index contributed by atoms with van der Waals surface area (Å²) in [6.07, 6.45) is 5.97. The molecule has 0 saturated heterocycles. The van der Waals surface area contributed by atoms with E-state index in [2.05, 4.69) is 13.0 Å². The Morgan fingerprint density at radius 1 is 1.39 bits per heavy atom. The number of hydrogen-bond acceptors (Lipinski definition) is 2. The van der Waals surface area contributed by atoms with Crippen LogP contribution in [-0.4, -0.2) is 23.6 Å². The van der Waals surface area contributed by atoms with Crippen LogP contribution in [0.2, 0.25) is 0 Å². The Kier molecular flexibility index (Phi) is 4.40. The average Bonchev–Trinajstić information content (AvgIpc) is 2.86. The van der Waals surface area contributed by atoms with E-state index in [1.165, 1.54) is 0 Å². The van der Waals surface area contributed by atoms with Crippen molar-refractivity contribution in [2.75, 3.05) is 6.54 Å². The van der Waals surface area contributed by atoms with E-state index in [4.69, 9.17) is 4.74 Å². The van der Waals surface area contributed by atoms with Crippen molar-refractivity contribution in [3.63, 3.8) is 0 Å². The second-order valence-corrected chi connectivity index (χ2v) is 4.48. The van der Waals surface area contributed by atoms with Gasteiger partial charge in [-0.1, -0.05) is 55.8 Å². The number of ether oxygens (including phenoxy) is 1. The molecule has 0 bridgehead atoms. The first-order valence-corrected chi connectivity index (χ1v) is 6.45. The van der Waals surface area contributed by atoms with Crippen molar-refractivity contribution in [2.45, 2.75) is 32.4 Å². The fraction of sp³-hybridized carbons (Fsp3) is 0.400. The van der Waals surface area contributed by atoms with Crippen molar-refractivity contribution in [1.29, 1.82) is 0 Å². The molecule has 0 radical (unpaired) electrons. The van der Waals surface area contributed by atoms with Gasteiger partial charge in [0.05, 0.1) is 6.04 Å². The quantitative estimate of drug-likeness (QED) is 0.761. The largest absolute Gasteiger partial charge is 0.445 e. The molecule has 1 aromatic carbocycles. The molecule has 0 N–H and O–H groups in total. The summed E-state index contributed by atoms with van der Waals surface area (Å²) in [6.45, 7) is 3.13. The first kappa shape index (κ1) is 12.7. The van der Waals surface area contributed by atoms with Crippen LogP contribution in [0.4, 0.5) is 4.79 Å². The normalized spacial score (nSPS) is 18.1. The number of carbonyl (C=O) groups is 1. The molecule has 2 rings (SSSR count). The van der Waals surface area contributed by atoms with Crippen LogP contribution < -0.4 is 0 Å². The molecule has 0 saturated carbocycles. The molecule has 18 heavy (non-hydrogen) atoms. The molecule has 0 fully saturated rings. The van der Waals surface area contributed by atoms with Gasteiger partial charge in [0.15, 0.2) is 0 Å². The molecular formula is C15H19NO2. The molecule has 1 amide bonds. The van der Waals surface area contributed by atoms with Crippen LogP contribution in [0.5, 0.6) is 0 Å². The Morgan fingerprint density at radius 3 is 2.89 bits per heavy atom. The van der Waals surface area contributed by atoms with Gasteiger partial charge in [0, 0.05) is 6.54 Å². The van der Waals surface area contributed by atoms with E-state index in [9.17, 15) is 4.79 Å². The van der Waals surface area contributed by atoms with Crippen LogP contribution >= 0.6 is 0 Å². The van der Waals surface area contributed by atoms with Crippen molar-refractivity contribution in [3.8, 4) is 0 Å². The minimum absolute atomic E-state index is 0.207. The van der Waals surface area contributed by atoms with Gasteiger partial charge < -0.3 is 4.74 Å². The number of amides is 1. The van der Waals surface area contributed by atoms with Gasteiger partial charge in [0.25, 0.3) is 0 Å². The third-order valence-electron chi connectivity index (χ3n) is 3.08. The summed E-state index contributed by atoms with van der Waals surface area (Å²) in [5.74, 6) is 0. The number of hydrogen-bond donors (Lipinski definition) is 0. The molecule has 1 aromatic rings. The third-order valence-corrected chi connectivity index (χ3v) is 3.08. The lowest BCUT2D eigenvalue weighted by Gasteiger charge is -2.23. The fourth-order valence-corrected chi connectivity index (χ4v) is 2.13. The van der Waals surface area contributed by atoms with E-state index in [1.807, 2.05) is 36.4 Å². The maximum absolute atomic E-state index is 12.0. The van der Waals surface area contributed by atoms with Gasteiger partial charge in [-0.05, 0) is 12.0 Å².